The Morgan fingerprint density at radius 1 is 1.17 bits per heavy atom. The van der Waals surface area contributed by atoms with Crippen LogP contribution in [0.1, 0.15) is 11.3 Å². The maximum Gasteiger partial charge on any atom is 0.188 e. The van der Waals surface area contributed by atoms with Crippen LogP contribution in [-0.4, -0.2) is 16.0 Å². The molecule has 0 amide bonds. The van der Waals surface area contributed by atoms with Crippen molar-refractivity contribution in [3.8, 4) is 0 Å². The van der Waals surface area contributed by atoms with Gasteiger partial charge in [0.05, 0.1) is 0 Å². The summed E-state index contributed by atoms with van der Waals surface area (Å²) in [5.74, 6) is 0.0156. The highest BCUT2D eigenvalue weighted by Gasteiger charge is 2.02. The van der Waals surface area contributed by atoms with Crippen LogP contribution in [0, 0.1) is 6.92 Å². The normalized spacial score (nSPS) is 11.5. The molecule has 1 heterocycles. The van der Waals surface area contributed by atoms with Crippen molar-refractivity contribution in [1.82, 2.24) is 4.98 Å². The monoisotopic (exact) mass is 259 g/mol. The zero-order chi connectivity index (χ0) is 13.0. The molecule has 18 heavy (non-hydrogen) atoms. The van der Waals surface area contributed by atoms with E-state index in [0.29, 0.717) is 5.69 Å². The van der Waals surface area contributed by atoms with Crippen LogP contribution in [0.2, 0.25) is 0 Å². The Kier molecular flexibility index (Phi) is 3.84. The second kappa shape index (κ2) is 5.55. The number of aryl methyl sites for hydroxylation is 1. The first-order chi connectivity index (χ1) is 8.69. The fraction of sp³-hybridized carbons (Fsp3) is 0.0769. The smallest absolute Gasteiger partial charge is 0.188 e. The number of benzene rings is 1. The summed E-state index contributed by atoms with van der Waals surface area (Å²) in [6, 6.07) is 11.9. The summed E-state index contributed by atoms with van der Waals surface area (Å²) >= 11 is 1.62. The Labute approximate surface area is 110 Å². The van der Waals surface area contributed by atoms with Gasteiger partial charge in [0.2, 0.25) is 0 Å². The van der Waals surface area contributed by atoms with Crippen molar-refractivity contribution in [3.63, 3.8) is 0 Å². The van der Waals surface area contributed by atoms with Gasteiger partial charge >= 0.3 is 0 Å². The predicted octanol–water partition coefficient (Wildman–Crippen LogP) is 2.64. The maximum absolute atomic E-state index is 8.54. The quantitative estimate of drug-likeness (QED) is 0.385. The Hall–Kier alpha value is -2.01. The molecule has 0 atom stereocenters. The number of oxime groups is 1. The summed E-state index contributed by atoms with van der Waals surface area (Å²) in [4.78, 5) is 6.29. The lowest BCUT2D eigenvalue weighted by molar-refractivity contribution is 0.318. The number of nitrogens with zero attached hydrogens (tertiary/aromatic N) is 2. The Morgan fingerprint density at radius 3 is 2.39 bits per heavy atom. The van der Waals surface area contributed by atoms with Crippen LogP contribution in [-0.2, 0) is 0 Å². The number of amidine groups is 1. The average Bonchev–Trinajstić information content (AvgIpc) is 2.41. The molecule has 0 unspecified atom stereocenters. The number of nitrogens with two attached hydrogens (primary N) is 1. The van der Waals surface area contributed by atoms with E-state index < -0.39 is 0 Å². The first-order valence-corrected chi connectivity index (χ1v) is 6.19. The summed E-state index contributed by atoms with van der Waals surface area (Å²) in [6.45, 7) is 2.06. The fourth-order valence-corrected chi connectivity index (χ4v) is 2.17. The first-order valence-electron chi connectivity index (χ1n) is 5.37. The van der Waals surface area contributed by atoms with E-state index in [1.807, 2.05) is 6.07 Å². The molecule has 4 nitrogen and oxygen atoms in total. The summed E-state index contributed by atoms with van der Waals surface area (Å²) in [6.07, 6.45) is 1.71. The molecule has 0 radical (unpaired) electrons. The van der Waals surface area contributed by atoms with Gasteiger partial charge in [-0.25, -0.2) is 0 Å². The van der Waals surface area contributed by atoms with Crippen LogP contribution < -0.4 is 5.73 Å². The summed E-state index contributed by atoms with van der Waals surface area (Å²) in [5, 5.41) is 11.4. The number of hydrogen-bond acceptors (Lipinski definition) is 4. The van der Waals surface area contributed by atoms with Crippen molar-refractivity contribution < 1.29 is 5.21 Å². The van der Waals surface area contributed by atoms with Crippen molar-refractivity contribution in [2.24, 2.45) is 10.9 Å². The van der Waals surface area contributed by atoms with Crippen molar-refractivity contribution in [3.05, 3.63) is 53.9 Å². The topological polar surface area (TPSA) is 71.5 Å². The molecule has 0 saturated carbocycles. The third kappa shape index (κ3) is 3.01. The van der Waals surface area contributed by atoms with Crippen LogP contribution in [0.4, 0.5) is 0 Å². The van der Waals surface area contributed by atoms with Crippen molar-refractivity contribution in [1.29, 1.82) is 0 Å². The van der Waals surface area contributed by atoms with Gasteiger partial charge in [0.1, 0.15) is 5.69 Å². The second-order valence-corrected chi connectivity index (χ2v) is 4.93. The molecule has 1 aromatic heterocycles. The molecule has 2 aromatic rings. The van der Waals surface area contributed by atoms with E-state index in [0.717, 1.165) is 9.79 Å². The number of pyridine rings is 1. The van der Waals surface area contributed by atoms with E-state index in [4.69, 9.17) is 10.9 Å². The molecule has 0 aliphatic heterocycles. The molecular formula is C13H13N3OS. The van der Waals surface area contributed by atoms with Gasteiger partial charge in [0.25, 0.3) is 0 Å². The zero-order valence-corrected chi connectivity index (χ0v) is 10.7. The third-order valence-corrected chi connectivity index (χ3v) is 3.35. The van der Waals surface area contributed by atoms with Gasteiger partial charge in [0, 0.05) is 16.0 Å². The standard InChI is InChI=1S/C13H13N3OS/c1-9-2-4-10(5-3-9)18-11-6-7-12(15-8-11)13(14)16-17/h2-8,17H,1H3,(H2,14,16). The molecule has 2 rings (SSSR count). The third-order valence-electron chi connectivity index (χ3n) is 2.36. The van der Waals surface area contributed by atoms with Crippen LogP contribution in [0.5, 0.6) is 0 Å². The second-order valence-electron chi connectivity index (χ2n) is 3.78. The number of aromatic nitrogens is 1. The molecule has 0 fully saturated rings. The molecule has 0 spiro atoms. The highest BCUT2D eigenvalue weighted by Crippen LogP contribution is 2.27. The molecule has 0 bridgehead atoms. The number of hydrogen-bond donors (Lipinski definition) is 2. The van der Waals surface area contributed by atoms with Crippen LogP contribution in [0.3, 0.4) is 0 Å². The average molecular weight is 259 g/mol. The van der Waals surface area contributed by atoms with Crippen LogP contribution >= 0.6 is 11.8 Å². The minimum Gasteiger partial charge on any atom is -0.409 e. The fourth-order valence-electron chi connectivity index (χ4n) is 1.39. The number of rotatable bonds is 3. The molecule has 0 aliphatic rings. The van der Waals surface area contributed by atoms with E-state index in [1.165, 1.54) is 5.56 Å². The van der Waals surface area contributed by atoms with Crippen LogP contribution in [0.25, 0.3) is 0 Å². The van der Waals surface area contributed by atoms with Gasteiger partial charge in [0.15, 0.2) is 5.84 Å². The summed E-state index contributed by atoms with van der Waals surface area (Å²) < 4.78 is 0. The molecule has 5 heteroatoms. The van der Waals surface area contributed by atoms with Gasteiger partial charge in [-0.1, -0.05) is 34.6 Å². The van der Waals surface area contributed by atoms with E-state index in [-0.39, 0.29) is 5.84 Å². The Morgan fingerprint density at radius 2 is 1.83 bits per heavy atom. The lowest BCUT2D eigenvalue weighted by Crippen LogP contribution is -2.14. The van der Waals surface area contributed by atoms with Gasteiger partial charge in [-0.15, -0.1) is 0 Å². The molecular weight excluding hydrogens is 246 g/mol. The van der Waals surface area contributed by atoms with Crippen molar-refractivity contribution >= 4 is 17.6 Å². The highest BCUT2D eigenvalue weighted by molar-refractivity contribution is 7.99. The minimum atomic E-state index is 0.0156. The van der Waals surface area contributed by atoms with E-state index in [2.05, 4.69) is 41.3 Å². The lowest BCUT2D eigenvalue weighted by Gasteiger charge is -2.03. The van der Waals surface area contributed by atoms with Crippen molar-refractivity contribution in [2.45, 2.75) is 16.7 Å². The molecule has 92 valence electrons. The van der Waals surface area contributed by atoms with Gasteiger partial charge in [-0.05, 0) is 31.2 Å². The Balaban J connectivity index is 2.13. The Bertz CT molecular complexity index is 549. The first kappa shape index (κ1) is 12.4. The largest absolute Gasteiger partial charge is 0.409 e. The molecule has 3 N–H and O–H groups in total. The summed E-state index contributed by atoms with van der Waals surface area (Å²) in [5.41, 5.74) is 7.14. The van der Waals surface area contributed by atoms with E-state index in [9.17, 15) is 0 Å². The highest BCUT2D eigenvalue weighted by atomic mass is 32.2. The van der Waals surface area contributed by atoms with Gasteiger partial charge < -0.3 is 10.9 Å². The van der Waals surface area contributed by atoms with E-state index >= 15 is 0 Å². The minimum absolute atomic E-state index is 0.0156. The molecule has 0 aliphatic carbocycles. The van der Waals surface area contributed by atoms with Crippen molar-refractivity contribution in [2.75, 3.05) is 0 Å². The maximum atomic E-state index is 8.54. The molecule has 0 saturated heterocycles. The van der Waals surface area contributed by atoms with E-state index in [1.54, 1.807) is 24.0 Å². The van der Waals surface area contributed by atoms with Gasteiger partial charge in [-0.3, -0.25) is 4.98 Å². The SMILES string of the molecule is Cc1ccc(Sc2ccc(/C(N)=N/O)nc2)cc1. The lowest BCUT2D eigenvalue weighted by atomic mass is 10.2. The van der Waals surface area contributed by atoms with Crippen LogP contribution in [0.15, 0.2) is 57.5 Å². The molecule has 1 aromatic carbocycles. The zero-order valence-electron chi connectivity index (χ0n) is 9.87. The predicted molar refractivity (Wildman–Crippen MR) is 72.0 cm³/mol. The van der Waals surface area contributed by atoms with Gasteiger partial charge in [-0.2, -0.15) is 0 Å². The summed E-state index contributed by atoms with van der Waals surface area (Å²) in [7, 11) is 0.